The summed E-state index contributed by atoms with van der Waals surface area (Å²) in [5.74, 6) is -0.737. The summed E-state index contributed by atoms with van der Waals surface area (Å²) in [7, 11) is -4.08. The molecular weight excluding hydrogens is 321 g/mol. The molecule has 0 aliphatic carbocycles. The van der Waals surface area contributed by atoms with Gasteiger partial charge < -0.3 is 10.1 Å². The summed E-state index contributed by atoms with van der Waals surface area (Å²) in [6.07, 6.45) is -2.10. The smallest absolute Gasteiger partial charge is 0.404 e. The zero-order valence-electron chi connectivity index (χ0n) is 11.7. The van der Waals surface area contributed by atoms with Gasteiger partial charge in [-0.25, -0.2) is 13.1 Å². The predicted molar refractivity (Wildman–Crippen MR) is 74.0 cm³/mol. The Balaban J connectivity index is 2.11. The van der Waals surface area contributed by atoms with Crippen molar-refractivity contribution in [2.75, 3.05) is 13.1 Å². The van der Waals surface area contributed by atoms with Crippen LogP contribution in [0.2, 0.25) is 0 Å². The number of halogens is 3. The maximum atomic E-state index is 12.3. The first kappa shape index (κ1) is 17.0. The highest BCUT2D eigenvalue weighted by atomic mass is 32.2. The lowest BCUT2D eigenvalue weighted by Crippen LogP contribution is -2.43. The van der Waals surface area contributed by atoms with E-state index in [1.54, 1.807) is 0 Å². The monoisotopic (exact) mass is 338 g/mol. The summed E-state index contributed by atoms with van der Waals surface area (Å²) in [4.78, 5) is -0.525. The Labute approximate surface area is 126 Å². The number of hydrogen-bond acceptors (Lipinski definition) is 4. The number of alkyl halides is 3. The van der Waals surface area contributed by atoms with E-state index in [9.17, 15) is 21.6 Å². The van der Waals surface area contributed by atoms with E-state index in [2.05, 4.69) is 14.8 Å². The molecule has 0 saturated carbocycles. The molecule has 1 atom stereocenters. The number of ether oxygens (including phenoxy) is 1. The topological polar surface area (TPSA) is 67.4 Å². The molecule has 0 radical (unpaired) electrons. The van der Waals surface area contributed by atoms with Crippen LogP contribution < -0.4 is 14.8 Å². The lowest BCUT2D eigenvalue weighted by atomic mass is 10.1. The molecule has 0 bridgehead atoms. The largest absolute Gasteiger partial charge is 0.573 e. The van der Waals surface area contributed by atoms with Crippen LogP contribution in [0.15, 0.2) is 29.2 Å². The van der Waals surface area contributed by atoms with Crippen LogP contribution in [0, 0.1) is 0 Å². The van der Waals surface area contributed by atoms with Crippen molar-refractivity contribution in [3.8, 4) is 5.75 Å². The summed E-state index contributed by atoms with van der Waals surface area (Å²) >= 11 is 0. The molecule has 1 fully saturated rings. The van der Waals surface area contributed by atoms with E-state index in [0.717, 1.165) is 37.9 Å². The fourth-order valence-corrected chi connectivity index (χ4v) is 3.48. The first-order chi connectivity index (χ1) is 10.3. The number of piperidine rings is 1. The molecule has 124 valence electrons. The molecule has 1 aliphatic heterocycles. The SMILES string of the molecule is O=S(=O)(NC[C@@H]1CCCCN1)c1ccccc1OC(F)(F)F. The highest BCUT2D eigenvalue weighted by molar-refractivity contribution is 7.89. The first-order valence-corrected chi connectivity index (χ1v) is 8.34. The molecule has 22 heavy (non-hydrogen) atoms. The van der Waals surface area contributed by atoms with E-state index in [1.807, 2.05) is 0 Å². The molecule has 0 amide bonds. The van der Waals surface area contributed by atoms with Gasteiger partial charge in [0.15, 0.2) is 0 Å². The van der Waals surface area contributed by atoms with Crippen LogP contribution in [0.25, 0.3) is 0 Å². The molecule has 0 unspecified atom stereocenters. The molecule has 0 spiro atoms. The van der Waals surface area contributed by atoms with Crippen LogP contribution in [0.5, 0.6) is 5.75 Å². The van der Waals surface area contributed by atoms with Crippen LogP contribution in [0.4, 0.5) is 13.2 Å². The Kier molecular flexibility index (Phi) is 5.30. The molecule has 5 nitrogen and oxygen atoms in total. The van der Waals surface area contributed by atoms with Gasteiger partial charge in [-0.15, -0.1) is 13.2 Å². The molecule has 9 heteroatoms. The van der Waals surface area contributed by atoms with Gasteiger partial charge in [0.1, 0.15) is 10.6 Å². The van der Waals surface area contributed by atoms with Gasteiger partial charge in [0.05, 0.1) is 0 Å². The maximum absolute atomic E-state index is 12.3. The molecule has 0 aromatic heterocycles. The van der Waals surface area contributed by atoms with Crippen molar-refractivity contribution >= 4 is 10.0 Å². The summed E-state index contributed by atoms with van der Waals surface area (Å²) < 4.78 is 67.5. The van der Waals surface area contributed by atoms with Gasteiger partial charge in [0.25, 0.3) is 0 Å². The fraction of sp³-hybridized carbons (Fsp3) is 0.538. The quantitative estimate of drug-likeness (QED) is 0.862. The number of sulfonamides is 1. The normalized spacial score (nSPS) is 19.9. The van der Waals surface area contributed by atoms with E-state index in [1.165, 1.54) is 12.1 Å². The van der Waals surface area contributed by atoms with Crippen molar-refractivity contribution in [3.05, 3.63) is 24.3 Å². The molecule has 1 heterocycles. The highest BCUT2D eigenvalue weighted by Crippen LogP contribution is 2.29. The third-order valence-electron chi connectivity index (χ3n) is 3.30. The minimum atomic E-state index is -4.95. The van der Waals surface area contributed by atoms with Crippen molar-refractivity contribution in [2.45, 2.75) is 36.6 Å². The zero-order chi connectivity index (χ0) is 16.2. The second kappa shape index (κ2) is 6.84. The number of para-hydroxylation sites is 1. The van der Waals surface area contributed by atoms with Crippen LogP contribution in [-0.2, 0) is 10.0 Å². The van der Waals surface area contributed by atoms with Crippen LogP contribution in [-0.4, -0.2) is 33.9 Å². The summed E-state index contributed by atoms with van der Waals surface area (Å²) in [6, 6.07) is 4.66. The van der Waals surface area contributed by atoms with Crippen molar-refractivity contribution < 1.29 is 26.3 Å². The molecule has 1 saturated heterocycles. The Morgan fingerprint density at radius 2 is 2.00 bits per heavy atom. The van der Waals surface area contributed by atoms with Gasteiger partial charge in [0, 0.05) is 12.6 Å². The number of nitrogens with one attached hydrogen (secondary N) is 2. The second-order valence-electron chi connectivity index (χ2n) is 4.99. The molecule has 1 aliphatic rings. The summed E-state index contributed by atoms with van der Waals surface area (Å²) in [5.41, 5.74) is 0. The van der Waals surface area contributed by atoms with E-state index in [-0.39, 0.29) is 12.6 Å². The molecule has 2 rings (SSSR count). The number of rotatable bonds is 5. The Morgan fingerprint density at radius 1 is 1.27 bits per heavy atom. The first-order valence-electron chi connectivity index (χ1n) is 6.86. The predicted octanol–water partition coefficient (Wildman–Crippen LogP) is 2.01. The minimum Gasteiger partial charge on any atom is -0.404 e. The van der Waals surface area contributed by atoms with E-state index >= 15 is 0 Å². The average Bonchev–Trinajstić information content (AvgIpc) is 2.45. The molecule has 2 N–H and O–H groups in total. The highest BCUT2D eigenvalue weighted by Gasteiger charge is 2.34. The van der Waals surface area contributed by atoms with Crippen LogP contribution in [0.3, 0.4) is 0 Å². The van der Waals surface area contributed by atoms with Gasteiger partial charge in [-0.1, -0.05) is 18.6 Å². The maximum Gasteiger partial charge on any atom is 0.573 e. The Hall–Kier alpha value is -1.32. The minimum absolute atomic E-state index is 0.0146. The van der Waals surface area contributed by atoms with Crippen molar-refractivity contribution in [1.29, 1.82) is 0 Å². The van der Waals surface area contributed by atoms with Gasteiger partial charge in [0.2, 0.25) is 10.0 Å². The lowest BCUT2D eigenvalue weighted by molar-refractivity contribution is -0.275. The molecular formula is C13H17F3N2O3S. The summed E-state index contributed by atoms with van der Waals surface area (Å²) in [5, 5.41) is 3.16. The average molecular weight is 338 g/mol. The van der Waals surface area contributed by atoms with E-state index in [4.69, 9.17) is 0 Å². The molecule has 1 aromatic carbocycles. The van der Waals surface area contributed by atoms with Crippen molar-refractivity contribution in [3.63, 3.8) is 0 Å². The van der Waals surface area contributed by atoms with Crippen molar-refractivity contribution in [2.24, 2.45) is 0 Å². The van der Waals surface area contributed by atoms with E-state index < -0.39 is 27.0 Å². The Morgan fingerprint density at radius 3 is 2.64 bits per heavy atom. The van der Waals surface area contributed by atoms with Crippen molar-refractivity contribution in [1.82, 2.24) is 10.0 Å². The Bertz CT molecular complexity index is 599. The molecule has 1 aromatic rings. The standard InChI is InChI=1S/C13H17F3N2O3S/c14-13(15,16)21-11-6-1-2-7-12(11)22(19,20)18-9-10-5-3-4-8-17-10/h1-2,6-7,10,17-18H,3-5,8-9H2/t10-/m0/s1. The third kappa shape index (κ3) is 4.85. The van der Waals surface area contributed by atoms with Gasteiger partial charge >= 0.3 is 6.36 Å². The third-order valence-corrected chi connectivity index (χ3v) is 4.76. The number of hydrogen-bond donors (Lipinski definition) is 2. The van der Waals surface area contributed by atoms with Gasteiger partial charge in [-0.3, -0.25) is 0 Å². The summed E-state index contributed by atoms with van der Waals surface area (Å²) in [6.45, 7) is 0.933. The second-order valence-corrected chi connectivity index (χ2v) is 6.73. The van der Waals surface area contributed by atoms with Gasteiger partial charge in [-0.05, 0) is 31.5 Å². The van der Waals surface area contributed by atoms with E-state index in [0.29, 0.717) is 0 Å². The number of benzene rings is 1. The van der Waals surface area contributed by atoms with Crippen LogP contribution >= 0.6 is 0 Å². The van der Waals surface area contributed by atoms with Crippen LogP contribution in [0.1, 0.15) is 19.3 Å². The fourth-order valence-electron chi connectivity index (χ4n) is 2.27. The van der Waals surface area contributed by atoms with Gasteiger partial charge in [-0.2, -0.15) is 0 Å². The lowest BCUT2D eigenvalue weighted by Gasteiger charge is -2.23. The zero-order valence-corrected chi connectivity index (χ0v) is 12.5.